The lowest BCUT2D eigenvalue weighted by Gasteiger charge is -2.21. The summed E-state index contributed by atoms with van der Waals surface area (Å²) in [5.41, 5.74) is 7.86. The van der Waals surface area contributed by atoms with E-state index in [1.54, 1.807) is 30.2 Å². The molecule has 0 aliphatic rings. The van der Waals surface area contributed by atoms with Crippen molar-refractivity contribution in [3.8, 4) is 6.07 Å². The monoisotopic (exact) mass is 261 g/mol. The Morgan fingerprint density at radius 3 is 2.79 bits per heavy atom. The van der Waals surface area contributed by atoms with Gasteiger partial charge in [-0.15, -0.1) is 0 Å². The Hall–Kier alpha value is -2.06. The van der Waals surface area contributed by atoms with Crippen LogP contribution in [-0.4, -0.2) is 37.6 Å². The first-order valence-electron chi connectivity index (χ1n) is 6.11. The zero-order valence-corrected chi connectivity index (χ0v) is 11.3. The van der Waals surface area contributed by atoms with Crippen molar-refractivity contribution in [1.82, 2.24) is 4.90 Å². The van der Waals surface area contributed by atoms with Crippen LogP contribution in [0.5, 0.6) is 0 Å². The molecule has 1 rings (SSSR count). The maximum atomic E-state index is 12.3. The van der Waals surface area contributed by atoms with Gasteiger partial charge in [0.25, 0.3) is 5.91 Å². The minimum atomic E-state index is -0.101. The molecule has 0 aromatic heterocycles. The largest absolute Gasteiger partial charge is 0.399 e. The first-order chi connectivity index (χ1) is 9.10. The highest BCUT2D eigenvalue weighted by molar-refractivity contribution is 5.94. The molecular formula is C14H19N3O2. The van der Waals surface area contributed by atoms with Crippen molar-refractivity contribution in [3.63, 3.8) is 0 Å². The van der Waals surface area contributed by atoms with Crippen molar-refractivity contribution in [3.05, 3.63) is 29.3 Å². The summed E-state index contributed by atoms with van der Waals surface area (Å²) < 4.78 is 4.98. The molecule has 2 N–H and O–H groups in total. The third-order valence-electron chi connectivity index (χ3n) is 2.86. The maximum absolute atomic E-state index is 12.3. The minimum Gasteiger partial charge on any atom is -0.399 e. The molecule has 0 bridgehead atoms. The van der Waals surface area contributed by atoms with E-state index in [4.69, 9.17) is 15.7 Å². The van der Waals surface area contributed by atoms with Gasteiger partial charge in [0.2, 0.25) is 0 Å². The number of nitrogens with zero attached hydrogens (tertiary/aromatic N) is 2. The van der Waals surface area contributed by atoms with Gasteiger partial charge in [0.15, 0.2) is 0 Å². The predicted molar refractivity (Wildman–Crippen MR) is 73.6 cm³/mol. The van der Waals surface area contributed by atoms with Gasteiger partial charge in [0, 0.05) is 31.5 Å². The summed E-state index contributed by atoms with van der Waals surface area (Å²) in [6, 6.07) is 7.24. The van der Waals surface area contributed by atoms with Gasteiger partial charge in [0.1, 0.15) is 0 Å². The number of benzene rings is 1. The van der Waals surface area contributed by atoms with Crippen LogP contribution < -0.4 is 5.73 Å². The van der Waals surface area contributed by atoms with Crippen LogP contribution >= 0.6 is 0 Å². The number of hydrogen-bond donors (Lipinski definition) is 1. The van der Waals surface area contributed by atoms with E-state index < -0.39 is 0 Å². The fourth-order valence-electron chi connectivity index (χ4n) is 1.69. The van der Waals surface area contributed by atoms with Gasteiger partial charge in [-0.3, -0.25) is 4.79 Å². The van der Waals surface area contributed by atoms with E-state index >= 15 is 0 Å². The van der Waals surface area contributed by atoms with Crippen LogP contribution in [0.15, 0.2) is 18.2 Å². The van der Waals surface area contributed by atoms with Crippen molar-refractivity contribution in [2.24, 2.45) is 0 Å². The molecule has 0 aliphatic heterocycles. The van der Waals surface area contributed by atoms with Crippen molar-refractivity contribution in [2.45, 2.75) is 13.3 Å². The van der Waals surface area contributed by atoms with Crippen molar-refractivity contribution in [2.75, 3.05) is 32.5 Å². The van der Waals surface area contributed by atoms with Gasteiger partial charge < -0.3 is 15.4 Å². The van der Waals surface area contributed by atoms with E-state index in [0.29, 0.717) is 37.4 Å². The average molecular weight is 261 g/mol. The van der Waals surface area contributed by atoms with E-state index in [1.165, 1.54) is 0 Å². The molecule has 0 aliphatic carbocycles. The first kappa shape index (κ1) is 15.0. The number of nitrogens with two attached hydrogens (primary N) is 1. The summed E-state index contributed by atoms with van der Waals surface area (Å²) in [6.07, 6.45) is 0.309. The van der Waals surface area contributed by atoms with Crippen LogP contribution in [0.2, 0.25) is 0 Å². The second-order valence-corrected chi connectivity index (χ2v) is 4.26. The number of amides is 1. The number of ether oxygens (including phenoxy) is 1. The van der Waals surface area contributed by atoms with Gasteiger partial charge in [-0.1, -0.05) is 0 Å². The summed E-state index contributed by atoms with van der Waals surface area (Å²) >= 11 is 0. The molecule has 0 spiro atoms. The smallest absolute Gasteiger partial charge is 0.253 e. The predicted octanol–water partition coefficient (Wildman–Crippen LogP) is 1.58. The molecule has 0 fully saturated rings. The number of nitriles is 1. The standard InChI is InChI=1S/C14H19N3O2/c1-11-10-12(4-5-13(11)16)14(18)17(7-3-6-15)8-9-19-2/h4-5,10H,3,7-9,16H2,1-2H3. The lowest BCUT2D eigenvalue weighted by Crippen LogP contribution is -2.34. The number of aryl methyl sites for hydroxylation is 1. The van der Waals surface area contributed by atoms with Crippen LogP contribution in [0.1, 0.15) is 22.3 Å². The molecule has 0 saturated carbocycles. The second kappa shape index (κ2) is 7.39. The summed E-state index contributed by atoms with van der Waals surface area (Å²) in [6.45, 7) is 3.19. The number of rotatable bonds is 6. The molecule has 19 heavy (non-hydrogen) atoms. The lowest BCUT2D eigenvalue weighted by molar-refractivity contribution is 0.0700. The van der Waals surface area contributed by atoms with E-state index in [-0.39, 0.29) is 5.91 Å². The molecule has 5 heteroatoms. The Kier molecular flexibility index (Phi) is 5.83. The molecule has 5 nitrogen and oxygen atoms in total. The summed E-state index contributed by atoms with van der Waals surface area (Å²) in [5.74, 6) is -0.101. The van der Waals surface area contributed by atoms with Gasteiger partial charge >= 0.3 is 0 Å². The molecule has 1 aromatic rings. The second-order valence-electron chi connectivity index (χ2n) is 4.26. The van der Waals surface area contributed by atoms with Crippen LogP contribution in [0.4, 0.5) is 5.69 Å². The van der Waals surface area contributed by atoms with Gasteiger partial charge in [-0.2, -0.15) is 5.26 Å². The Bertz CT molecular complexity index is 480. The molecule has 1 aromatic carbocycles. The number of nitrogen functional groups attached to an aromatic ring is 1. The molecule has 102 valence electrons. The Morgan fingerprint density at radius 2 is 2.21 bits per heavy atom. The third kappa shape index (κ3) is 4.27. The zero-order chi connectivity index (χ0) is 14.3. The minimum absolute atomic E-state index is 0.101. The molecule has 0 saturated heterocycles. The first-order valence-corrected chi connectivity index (χ1v) is 6.11. The molecule has 0 atom stereocenters. The number of methoxy groups -OCH3 is 1. The van der Waals surface area contributed by atoms with Crippen molar-refractivity contribution in [1.29, 1.82) is 5.26 Å². The fourth-order valence-corrected chi connectivity index (χ4v) is 1.69. The highest BCUT2D eigenvalue weighted by Crippen LogP contribution is 2.14. The summed E-state index contributed by atoms with van der Waals surface area (Å²) in [4.78, 5) is 14.0. The number of carbonyl (C=O) groups is 1. The van der Waals surface area contributed by atoms with E-state index in [2.05, 4.69) is 0 Å². The van der Waals surface area contributed by atoms with Gasteiger partial charge in [-0.05, 0) is 30.7 Å². The van der Waals surface area contributed by atoms with Crippen LogP contribution in [0.3, 0.4) is 0 Å². The Labute approximate surface area is 113 Å². The molecular weight excluding hydrogens is 242 g/mol. The van der Waals surface area contributed by atoms with Crippen LogP contribution in [-0.2, 0) is 4.74 Å². The molecule has 1 amide bonds. The Morgan fingerprint density at radius 1 is 1.47 bits per heavy atom. The SMILES string of the molecule is COCCN(CCC#N)C(=O)c1ccc(N)c(C)c1. The highest BCUT2D eigenvalue weighted by atomic mass is 16.5. The lowest BCUT2D eigenvalue weighted by atomic mass is 10.1. The number of anilines is 1. The molecule has 0 heterocycles. The summed E-state index contributed by atoms with van der Waals surface area (Å²) in [5, 5.41) is 8.64. The average Bonchev–Trinajstić information content (AvgIpc) is 2.41. The van der Waals surface area contributed by atoms with Crippen molar-refractivity contribution >= 4 is 11.6 Å². The van der Waals surface area contributed by atoms with Crippen LogP contribution in [0.25, 0.3) is 0 Å². The quantitative estimate of drug-likeness (QED) is 0.788. The van der Waals surface area contributed by atoms with E-state index in [1.807, 2.05) is 13.0 Å². The Balaban J connectivity index is 2.84. The van der Waals surface area contributed by atoms with Crippen LogP contribution in [0, 0.1) is 18.3 Å². The maximum Gasteiger partial charge on any atom is 0.253 e. The third-order valence-corrected chi connectivity index (χ3v) is 2.86. The van der Waals surface area contributed by atoms with Crippen molar-refractivity contribution < 1.29 is 9.53 Å². The van der Waals surface area contributed by atoms with Gasteiger partial charge in [-0.25, -0.2) is 0 Å². The van der Waals surface area contributed by atoms with Gasteiger partial charge in [0.05, 0.1) is 19.1 Å². The fraction of sp³-hybridized carbons (Fsp3) is 0.429. The number of hydrogen-bond acceptors (Lipinski definition) is 4. The van der Waals surface area contributed by atoms with E-state index in [0.717, 1.165) is 5.56 Å². The topological polar surface area (TPSA) is 79.3 Å². The molecule has 0 unspecified atom stereocenters. The number of carbonyl (C=O) groups excluding carboxylic acids is 1. The zero-order valence-electron chi connectivity index (χ0n) is 11.3. The highest BCUT2D eigenvalue weighted by Gasteiger charge is 2.15. The normalized spacial score (nSPS) is 9.95. The van der Waals surface area contributed by atoms with E-state index in [9.17, 15) is 4.79 Å². The summed E-state index contributed by atoms with van der Waals surface area (Å²) in [7, 11) is 1.58. The molecule has 0 radical (unpaired) electrons.